The Kier molecular flexibility index (Phi) is 4.39. The van der Waals surface area contributed by atoms with E-state index in [0.717, 1.165) is 6.07 Å². The summed E-state index contributed by atoms with van der Waals surface area (Å²) in [5, 5.41) is 0. The lowest BCUT2D eigenvalue weighted by atomic mass is 10.1. The van der Waals surface area contributed by atoms with Gasteiger partial charge in [-0.1, -0.05) is 6.07 Å². The monoisotopic (exact) mass is 228 g/mol. The van der Waals surface area contributed by atoms with Crippen molar-refractivity contribution in [1.82, 2.24) is 0 Å². The average Bonchev–Trinajstić information content (AvgIpc) is 2.31. The second kappa shape index (κ2) is 5.58. The zero-order chi connectivity index (χ0) is 12.1. The molecule has 0 atom stereocenters. The van der Waals surface area contributed by atoms with Gasteiger partial charge in [-0.05, 0) is 12.1 Å². The largest absolute Gasteiger partial charge is 0.465 e. The summed E-state index contributed by atoms with van der Waals surface area (Å²) < 4.78 is 27.9. The molecule has 0 aliphatic heterocycles. The highest BCUT2D eigenvalue weighted by molar-refractivity contribution is 5.89. The number of hydrogen-bond acceptors (Lipinski definition) is 4. The van der Waals surface area contributed by atoms with Gasteiger partial charge in [-0.15, -0.1) is 0 Å². The number of methoxy groups -OCH3 is 3. The molecule has 0 radical (unpaired) electrons. The molecule has 0 aliphatic carbocycles. The van der Waals surface area contributed by atoms with E-state index in [1.54, 1.807) is 0 Å². The summed E-state index contributed by atoms with van der Waals surface area (Å²) in [7, 11) is 4.05. The summed E-state index contributed by atoms with van der Waals surface area (Å²) in [6.07, 6.45) is -0.785. The van der Waals surface area contributed by atoms with E-state index in [2.05, 4.69) is 4.74 Å². The highest BCUT2D eigenvalue weighted by Gasteiger charge is 2.16. The third-order valence-corrected chi connectivity index (χ3v) is 2.10. The van der Waals surface area contributed by atoms with E-state index < -0.39 is 18.1 Å². The first-order chi connectivity index (χ1) is 7.63. The van der Waals surface area contributed by atoms with Crippen LogP contribution in [0, 0.1) is 5.82 Å². The van der Waals surface area contributed by atoms with Gasteiger partial charge in [-0.25, -0.2) is 9.18 Å². The average molecular weight is 228 g/mol. The van der Waals surface area contributed by atoms with Crippen LogP contribution in [0.15, 0.2) is 18.2 Å². The van der Waals surface area contributed by atoms with Crippen LogP contribution in [0.5, 0.6) is 0 Å². The van der Waals surface area contributed by atoms with Gasteiger partial charge in [0.1, 0.15) is 5.82 Å². The third-order valence-electron chi connectivity index (χ3n) is 2.10. The molecule has 4 nitrogen and oxygen atoms in total. The molecule has 16 heavy (non-hydrogen) atoms. The fourth-order valence-corrected chi connectivity index (χ4v) is 1.31. The molecule has 88 valence electrons. The van der Waals surface area contributed by atoms with E-state index in [9.17, 15) is 9.18 Å². The third kappa shape index (κ3) is 2.56. The van der Waals surface area contributed by atoms with Gasteiger partial charge in [0.2, 0.25) is 0 Å². The maximum absolute atomic E-state index is 13.6. The van der Waals surface area contributed by atoms with Crippen molar-refractivity contribution in [2.45, 2.75) is 6.29 Å². The smallest absolute Gasteiger partial charge is 0.337 e. The minimum absolute atomic E-state index is 0.148. The van der Waals surface area contributed by atoms with Crippen LogP contribution in [0.1, 0.15) is 22.2 Å². The van der Waals surface area contributed by atoms with Crippen LogP contribution in [-0.4, -0.2) is 27.3 Å². The summed E-state index contributed by atoms with van der Waals surface area (Å²) in [6, 6.07) is 3.97. The number of ether oxygens (including phenoxy) is 3. The molecule has 0 N–H and O–H groups in total. The Bertz CT molecular complexity index is 374. The second-order valence-corrected chi connectivity index (χ2v) is 3.03. The lowest BCUT2D eigenvalue weighted by molar-refractivity contribution is -0.107. The molecule has 1 rings (SSSR count). The molecule has 0 saturated heterocycles. The van der Waals surface area contributed by atoms with Gasteiger partial charge in [0.05, 0.1) is 12.7 Å². The fourth-order valence-electron chi connectivity index (χ4n) is 1.31. The van der Waals surface area contributed by atoms with E-state index in [1.807, 2.05) is 0 Å². The Morgan fingerprint density at radius 1 is 1.25 bits per heavy atom. The van der Waals surface area contributed by atoms with E-state index in [1.165, 1.54) is 33.5 Å². The van der Waals surface area contributed by atoms with Crippen LogP contribution in [0.3, 0.4) is 0 Å². The first kappa shape index (κ1) is 12.6. The Hall–Kier alpha value is -1.46. The minimum atomic E-state index is -0.785. The number of rotatable bonds is 4. The first-order valence-corrected chi connectivity index (χ1v) is 4.57. The highest BCUT2D eigenvalue weighted by atomic mass is 19.1. The van der Waals surface area contributed by atoms with Crippen molar-refractivity contribution < 1.29 is 23.4 Å². The second-order valence-electron chi connectivity index (χ2n) is 3.03. The predicted molar refractivity (Wildman–Crippen MR) is 54.5 cm³/mol. The van der Waals surface area contributed by atoms with Crippen LogP contribution in [0.4, 0.5) is 4.39 Å². The Morgan fingerprint density at radius 3 is 2.31 bits per heavy atom. The van der Waals surface area contributed by atoms with Gasteiger partial charge >= 0.3 is 5.97 Å². The first-order valence-electron chi connectivity index (χ1n) is 4.57. The number of benzene rings is 1. The molecule has 0 heterocycles. The van der Waals surface area contributed by atoms with Crippen molar-refractivity contribution in [3.8, 4) is 0 Å². The molecule has 0 unspecified atom stereocenters. The van der Waals surface area contributed by atoms with Gasteiger partial charge in [0, 0.05) is 19.8 Å². The van der Waals surface area contributed by atoms with Crippen LogP contribution in [-0.2, 0) is 14.2 Å². The van der Waals surface area contributed by atoms with Crippen molar-refractivity contribution in [2.24, 2.45) is 0 Å². The quantitative estimate of drug-likeness (QED) is 0.583. The molecule has 0 aromatic heterocycles. The number of carbonyl (C=O) groups is 1. The molecule has 0 fully saturated rings. The maximum atomic E-state index is 13.6. The van der Waals surface area contributed by atoms with E-state index >= 15 is 0 Å². The molecule has 0 bridgehead atoms. The fraction of sp³-hybridized carbons (Fsp3) is 0.364. The molecule has 0 aliphatic rings. The molecule has 0 spiro atoms. The zero-order valence-electron chi connectivity index (χ0n) is 9.32. The van der Waals surface area contributed by atoms with Crippen molar-refractivity contribution >= 4 is 5.97 Å². The van der Waals surface area contributed by atoms with Gasteiger partial charge in [0.15, 0.2) is 6.29 Å². The van der Waals surface area contributed by atoms with Crippen LogP contribution in [0.25, 0.3) is 0 Å². The van der Waals surface area contributed by atoms with Crippen molar-refractivity contribution in [3.05, 3.63) is 35.1 Å². The van der Waals surface area contributed by atoms with Gasteiger partial charge in [-0.2, -0.15) is 0 Å². The van der Waals surface area contributed by atoms with E-state index in [-0.39, 0.29) is 11.1 Å². The highest BCUT2D eigenvalue weighted by Crippen LogP contribution is 2.21. The molecule has 1 aromatic rings. The Morgan fingerprint density at radius 2 is 1.88 bits per heavy atom. The number of halogens is 1. The summed E-state index contributed by atoms with van der Waals surface area (Å²) in [6.45, 7) is 0. The summed E-state index contributed by atoms with van der Waals surface area (Å²) >= 11 is 0. The van der Waals surface area contributed by atoms with Gasteiger partial charge < -0.3 is 14.2 Å². The lowest BCUT2D eigenvalue weighted by Gasteiger charge is -2.14. The van der Waals surface area contributed by atoms with Gasteiger partial charge in [0.25, 0.3) is 0 Å². The minimum Gasteiger partial charge on any atom is -0.465 e. The maximum Gasteiger partial charge on any atom is 0.337 e. The summed E-state index contributed by atoms with van der Waals surface area (Å²) in [4.78, 5) is 11.1. The Labute approximate surface area is 92.9 Å². The van der Waals surface area contributed by atoms with Crippen LogP contribution < -0.4 is 0 Å². The normalized spacial score (nSPS) is 10.6. The lowest BCUT2D eigenvalue weighted by Crippen LogP contribution is -2.08. The summed E-state index contributed by atoms with van der Waals surface area (Å²) in [5.41, 5.74) is 0.382. The molecule has 0 saturated carbocycles. The summed E-state index contributed by atoms with van der Waals surface area (Å²) in [5.74, 6) is -1.16. The van der Waals surface area contributed by atoms with E-state index in [4.69, 9.17) is 9.47 Å². The van der Waals surface area contributed by atoms with Crippen LogP contribution in [0.2, 0.25) is 0 Å². The molecule has 0 amide bonds. The molecular weight excluding hydrogens is 215 g/mol. The van der Waals surface area contributed by atoms with Crippen LogP contribution >= 0.6 is 0 Å². The Balaban J connectivity index is 3.04. The standard InChI is InChI=1S/C11H13FO4/c1-14-10(13)7-4-5-8(9(12)6-7)11(15-2)16-3/h4-6,11H,1-3H3. The molecule has 1 aromatic carbocycles. The number of esters is 1. The number of hydrogen-bond donors (Lipinski definition) is 0. The SMILES string of the molecule is COC(=O)c1ccc(C(OC)OC)c(F)c1. The van der Waals surface area contributed by atoms with Crippen molar-refractivity contribution in [1.29, 1.82) is 0 Å². The number of carbonyl (C=O) groups excluding carboxylic acids is 1. The van der Waals surface area contributed by atoms with Crippen molar-refractivity contribution in [3.63, 3.8) is 0 Å². The topological polar surface area (TPSA) is 44.8 Å². The predicted octanol–water partition coefficient (Wildman–Crippen LogP) is 1.90. The zero-order valence-corrected chi connectivity index (χ0v) is 9.32. The molecule has 5 heteroatoms. The van der Waals surface area contributed by atoms with Crippen molar-refractivity contribution in [2.75, 3.05) is 21.3 Å². The van der Waals surface area contributed by atoms with E-state index in [0.29, 0.717) is 0 Å². The van der Waals surface area contributed by atoms with Gasteiger partial charge in [-0.3, -0.25) is 0 Å². The molecular formula is C11H13FO4.